The van der Waals surface area contributed by atoms with Gasteiger partial charge in [-0.25, -0.2) is 13.1 Å². The van der Waals surface area contributed by atoms with E-state index in [9.17, 15) is 13.2 Å². The van der Waals surface area contributed by atoms with E-state index in [-0.39, 0.29) is 11.9 Å². The average Bonchev–Trinajstić information content (AvgIpc) is 2.12. The number of carbonyl (C=O) groups excluding carboxylic acids is 1. The summed E-state index contributed by atoms with van der Waals surface area (Å²) in [6, 6.07) is 0. The number of nitrogens with one attached hydrogen (secondary N) is 2. The van der Waals surface area contributed by atoms with E-state index in [0.717, 1.165) is 6.26 Å². The zero-order valence-electron chi connectivity index (χ0n) is 11.0. The van der Waals surface area contributed by atoms with E-state index in [0.29, 0.717) is 13.1 Å². The minimum Gasteiger partial charge on any atom is -0.469 e. The minimum absolute atomic E-state index is 0.256. The molecule has 0 saturated carbocycles. The molecule has 0 heterocycles. The van der Waals surface area contributed by atoms with Crippen molar-refractivity contribution in [3.63, 3.8) is 0 Å². The number of sulfonamides is 1. The first-order valence-corrected chi connectivity index (χ1v) is 7.24. The fourth-order valence-electron chi connectivity index (χ4n) is 1.42. The molecule has 0 bridgehead atoms. The molecule has 1 unspecified atom stereocenters. The summed E-state index contributed by atoms with van der Waals surface area (Å²) in [6.07, 6.45) is 1.12. The lowest BCUT2D eigenvalue weighted by Gasteiger charge is -2.26. The maximum atomic E-state index is 11.1. The van der Waals surface area contributed by atoms with Crippen molar-refractivity contribution in [2.45, 2.75) is 26.3 Å². The van der Waals surface area contributed by atoms with Crippen LogP contribution in [-0.2, 0) is 19.6 Å². The highest BCUT2D eigenvalue weighted by Gasteiger charge is 2.22. The zero-order valence-corrected chi connectivity index (χ0v) is 11.8. The molecule has 0 fully saturated rings. The molecule has 102 valence electrons. The number of methoxy groups -OCH3 is 1. The Hall–Kier alpha value is -0.660. The van der Waals surface area contributed by atoms with Crippen molar-refractivity contribution in [3.8, 4) is 0 Å². The van der Waals surface area contributed by atoms with Crippen molar-refractivity contribution < 1.29 is 17.9 Å². The molecule has 0 aliphatic heterocycles. The molecule has 0 aliphatic carbocycles. The Kier molecular flexibility index (Phi) is 6.08. The van der Waals surface area contributed by atoms with E-state index in [4.69, 9.17) is 0 Å². The summed E-state index contributed by atoms with van der Waals surface area (Å²) in [5.74, 6) is -0.541. The molecule has 0 spiro atoms. The number of ether oxygens (including phenoxy) is 1. The molecule has 0 aromatic heterocycles. The molecule has 0 aromatic rings. The van der Waals surface area contributed by atoms with Gasteiger partial charge in [-0.1, -0.05) is 6.92 Å². The van der Waals surface area contributed by atoms with Gasteiger partial charge in [0, 0.05) is 18.6 Å². The van der Waals surface area contributed by atoms with E-state index < -0.39 is 15.6 Å². The highest BCUT2D eigenvalue weighted by molar-refractivity contribution is 7.88. The van der Waals surface area contributed by atoms with E-state index in [1.54, 1.807) is 20.8 Å². The van der Waals surface area contributed by atoms with Crippen LogP contribution in [-0.4, -0.2) is 46.4 Å². The second-order valence-electron chi connectivity index (χ2n) is 4.81. The smallest absolute Gasteiger partial charge is 0.309 e. The maximum absolute atomic E-state index is 11.1. The van der Waals surface area contributed by atoms with Gasteiger partial charge in [-0.15, -0.1) is 0 Å². The molecule has 0 aromatic carbocycles. The van der Waals surface area contributed by atoms with Crippen LogP contribution in [0.1, 0.15) is 20.8 Å². The van der Waals surface area contributed by atoms with Gasteiger partial charge >= 0.3 is 5.97 Å². The number of rotatable bonds is 7. The summed E-state index contributed by atoms with van der Waals surface area (Å²) in [5, 5.41) is 3.04. The van der Waals surface area contributed by atoms with Crippen LogP contribution in [0.2, 0.25) is 0 Å². The van der Waals surface area contributed by atoms with Crippen LogP contribution in [0.3, 0.4) is 0 Å². The molecular formula is C10H22N2O4S. The molecule has 7 heteroatoms. The van der Waals surface area contributed by atoms with Gasteiger partial charge in [0.1, 0.15) is 0 Å². The van der Waals surface area contributed by atoms with E-state index >= 15 is 0 Å². The van der Waals surface area contributed by atoms with Crippen LogP contribution >= 0.6 is 0 Å². The third kappa shape index (κ3) is 8.12. The predicted octanol–water partition coefficient (Wildman–Crippen LogP) is -0.287. The predicted molar refractivity (Wildman–Crippen MR) is 66.1 cm³/mol. The molecule has 0 rings (SSSR count). The van der Waals surface area contributed by atoms with Gasteiger partial charge in [0.05, 0.1) is 19.3 Å². The van der Waals surface area contributed by atoms with Gasteiger partial charge in [-0.3, -0.25) is 4.79 Å². The van der Waals surface area contributed by atoms with Gasteiger partial charge in [0.25, 0.3) is 0 Å². The first-order valence-electron chi connectivity index (χ1n) is 5.35. The second-order valence-corrected chi connectivity index (χ2v) is 6.56. The molecule has 0 aliphatic rings. The number of esters is 1. The normalized spacial score (nSPS) is 14.4. The van der Waals surface area contributed by atoms with Gasteiger partial charge in [0.15, 0.2) is 0 Å². The molecular weight excluding hydrogens is 244 g/mol. The van der Waals surface area contributed by atoms with Gasteiger partial charge < -0.3 is 10.1 Å². The monoisotopic (exact) mass is 266 g/mol. The number of hydrogen-bond donors (Lipinski definition) is 2. The standard InChI is InChI=1S/C10H22N2O4S/c1-8(9(13)16-4)6-11-7-10(2,3)12-17(5,14)15/h8,11-12H,6-7H2,1-5H3. The topological polar surface area (TPSA) is 84.5 Å². The summed E-state index contributed by atoms with van der Waals surface area (Å²) >= 11 is 0. The van der Waals surface area contributed by atoms with Crippen molar-refractivity contribution in [1.82, 2.24) is 10.0 Å². The Morgan fingerprint density at radius 2 is 1.94 bits per heavy atom. The van der Waals surface area contributed by atoms with Crippen LogP contribution in [0.15, 0.2) is 0 Å². The van der Waals surface area contributed by atoms with Crippen molar-refractivity contribution in [1.29, 1.82) is 0 Å². The Morgan fingerprint density at radius 3 is 2.35 bits per heavy atom. The van der Waals surface area contributed by atoms with Gasteiger partial charge in [-0.2, -0.15) is 0 Å². The van der Waals surface area contributed by atoms with Crippen LogP contribution in [0.4, 0.5) is 0 Å². The highest BCUT2D eigenvalue weighted by atomic mass is 32.2. The van der Waals surface area contributed by atoms with E-state index in [2.05, 4.69) is 14.8 Å². The maximum Gasteiger partial charge on any atom is 0.309 e. The summed E-state index contributed by atoms with van der Waals surface area (Å²) in [6.45, 7) is 6.16. The highest BCUT2D eigenvalue weighted by Crippen LogP contribution is 2.03. The average molecular weight is 266 g/mol. The summed E-state index contributed by atoms with van der Waals surface area (Å²) in [4.78, 5) is 11.1. The number of carbonyl (C=O) groups is 1. The Morgan fingerprint density at radius 1 is 1.41 bits per heavy atom. The third-order valence-corrected chi connectivity index (χ3v) is 3.01. The van der Waals surface area contributed by atoms with Crippen LogP contribution in [0.25, 0.3) is 0 Å². The zero-order chi connectivity index (χ0) is 13.7. The molecule has 2 N–H and O–H groups in total. The van der Waals surface area contributed by atoms with Gasteiger partial charge in [-0.05, 0) is 13.8 Å². The van der Waals surface area contributed by atoms with Crippen LogP contribution < -0.4 is 10.0 Å². The van der Waals surface area contributed by atoms with Crippen LogP contribution in [0.5, 0.6) is 0 Å². The second kappa shape index (κ2) is 6.32. The molecule has 0 saturated heterocycles. The lowest BCUT2D eigenvalue weighted by molar-refractivity contribution is -0.144. The summed E-state index contributed by atoms with van der Waals surface area (Å²) in [5.41, 5.74) is -0.594. The Balaban J connectivity index is 4.07. The molecule has 17 heavy (non-hydrogen) atoms. The van der Waals surface area contributed by atoms with E-state index in [1.165, 1.54) is 7.11 Å². The molecule has 6 nitrogen and oxygen atoms in total. The minimum atomic E-state index is -3.24. The van der Waals surface area contributed by atoms with Crippen molar-refractivity contribution >= 4 is 16.0 Å². The van der Waals surface area contributed by atoms with Crippen molar-refractivity contribution in [3.05, 3.63) is 0 Å². The van der Waals surface area contributed by atoms with E-state index in [1.807, 2.05) is 0 Å². The summed E-state index contributed by atoms with van der Waals surface area (Å²) < 4.78 is 29.3. The molecule has 1 atom stereocenters. The lowest BCUT2D eigenvalue weighted by Crippen LogP contribution is -2.50. The van der Waals surface area contributed by atoms with Crippen molar-refractivity contribution in [2.75, 3.05) is 26.5 Å². The van der Waals surface area contributed by atoms with Crippen LogP contribution in [0, 0.1) is 5.92 Å². The quantitative estimate of drug-likeness (QED) is 0.619. The third-order valence-electron chi connectivity index (χ3n) is 2.08. The van der Waals surface area contributed by atoms with Crippen molar-refractivity contribution in [2.24, 2.45) is 5.92 Å². The fourth-order valence-corrected chi connectivity index (χ4v) is 2.50. The SMILES string of the molecule is COC(=O)C(C)CNCC(C)(C)NS(C)(=O)=O. The molecule has 0 amide bonds. The largest absolute Gasteiger partial charge is 0.469 e. The Labute approximate surface area is 103 Å². The number of hydrogen-bond acceptors (Lipinski definition) is 5. The lowest BCUT2D eigenvalue weighted by atomic mass is 10.1. The Bertz CT molecular complexity index is 351. The first kappa shape index (κ1) is 16.3. The fraction of sp³-hybridized carbons (Fsp3) is 0.900. The first-order chi connectivity index (χ1) is 7.57. The molecule has 0 radical (unpaired) electrons. The van der Waals surface area contributed by atoms with Gasteiger partial charge in [0.2, 0.25) is 10.0 Å². The summed E-state index contributed by atoms with van der Waals surface area (Å²) in [7, 11) is -1.89.